The number of hydrogen-bond acceptors (Lipinski definition) is 6. The van der Waals surface area contributed by atoms with Crippen LogP contribution in [0.15, 0.2) is 12.5 Å². The lowest BCUT2D eigenvalue weighted by atomic mass is 10.1. The van der Waals surface area contributed by atoms with E-state index in [1.807, 2.05) is 0 Å². The van der Waals surface area contributed by atoms with E-state index in [0.717, 1.165) is 0 Å². The van der Waals surface area contributed by atoms with Crippen LogP contribution in [0.1, 0.15) is 6.92 Å². The van der Waals surface area contributed by atoms with Crippen LogP contribution in [0.3, 0.4) is 0 Å². The number of nitrogens with two attached hydrogens (primary N) is 1. The molecular weight excluding hydrogens is 184 g/mol. The van der Waals surface area contributed by atoms with E-state index in [0.29, 0.717) is 11.5 Å². The van der Waals surface area contributed by atoms with Crippen LogP contribution in [0, 0.1) is 0 Å². The summed E-state index contributed by atoms with van der Waals surface area (Å²) in [6.45, 7) is 1.23. The molecular formula is C8H14N4O2. The summed E-state index contributed by atoms with van der Waals surface area (Å²) in [5.74, 6) is 0.408. The van der Waals surface area contributed by atoms with E-state index < -0.39 is 5.54 Å². The molecule has 14 heavy (non-hydrogen) atoms. The molecule has 0 unspecified atom stereocenters. The standard InChI is InChI=1S/C8H14N4O2/c1-8(3-13,4-14)12-7-6(9)2-10-5-11-7/h2,5,13-14H,3-4,9H2,1H3,(H,10,11,12). The van der Waals surface area contributed by atoms with Crippen molar-refractivity contribution in [3.05, 3.63) is 12.5 Å². The first-order valence-electron chi connectivity index (χ1n) is 4.17. The third-order valence-corrected chi connectivity index (χ3v) is 1.86. The average molecular weight is 198 g/mol. The molecule has 0 saturated carbocycles. The van der Waals surface area contributed by atoms with Gasteiger partial charge in [0, 0.05) is 0 Å². The van der Waals surface area contributed by atoms with Gasteiger partial charge in [0.1, 0.15) is 6.33 Å². The molecule has 0 radical (unpaired) electrons. The maximum absolute atomic E-state index is 9.03. The molecule has 0 spiro atoms. The van der Waals surface area contributed by atoms with Crippen molar-refractivity contribution in [3.63, 3.8) is 0 Å². The molecule has 1 heterocycles. The minimum absolute atomic E-state index is 0.215. The van der Waals surface area contributed by atoms with Crippen LogP contribution in [0.4, 0.5) is 11.5 Å². The van der Waals surface area contributed by atoms with Crippen LogP contribution in [0.25, 0.3) is 0 Å². The Balaban J connectivity index is 2.82. The van der Waals surface area contributed by atoms with Gasteiger partial charge in [-0.15, -0.1) is 0 Å². The lowest BCUT2D eigenvalue weighted by Gasteiger charge is -2.27. The minimum Gasteiger partial charge on any atom is -0.394 e. The van der Waals surface area contributed by atoms with Crippen molar-refractivity contribution in [3.8, 4) is 0 Å². The van der Waals surface area contributed by atoms with Gasteiger partial charge in [0.2, 0.25) is 0 Å². The van der Waals surface area contributed by atoms with Crippen LogP contribution in [0.2, 0.25) is 0 Å². The first kappa shape index (κ1) is 10.7. The Bertz CT molecular complexity index is 301. The Kier molecular flexibility index (Phi) is 3.21. The molecule has 5 N–H and O–H groups in total. The number of nitrogens with zero attached hydrogens (tertiary/aromatic N) is 2. The van der Waals surface area contributed by atoms with Gasteiger partial charge >= 0.3 is 0 Å². The van der Waals surface area contributed by atoms with Gasteiger partial charge in [0.25, 0.3) is 0 Å². The molecule has 78 valence electrons. The number of aliphatic hydroxyl groups is 2. The summed E-state index contributed by atoms with van der Waals surface area (Å²) in [7, 11) is 0. The summed E-state index contributed by atoms with van der Waals surface area (Å²) in [5.41, 5.74) is 5.13. The van der Waals surface area contributed by atoms with E-state index >= 15 is 0 Å². The molecule has 1 aromatic rings. The summed E-state index contributed by atoms with van der Waals surface area (Å²) in [6.07, 6.45) is 2.79. The van der Waals surface area contributed by atoms with Crippen molar-refractivity contribution >= 4 is 11.5 Å². The molecule has 0 fully saturated rings. The second-order valence-corrected chi connectivity index (χ2v) is 3.33. The average Bonchev–Trinajstić information content (AvgIpc) is 2.21. The van der Waals surface area contributed by atoms with E-state index in [2.05, 4.69) is 15.3 Å². The first-order valence-corrected chi connectivity index (χ1v) is 4.17. The smallest absolute Gasteiger partial charge is 0.153 e. The molecule has 0 aliphatic rings. The van der Waals surface area contributed by atoms with Gasteiger partial charge in [-0.1, -0.05) is 0 Å². The Morgan fingerprint density at radius 2 is 2.14 bits per heavy atom. The molecule has 0 aliphatic carbocycles. The zero-order valence-corrected chi connectivity index (χ0v) is 7.94. The number of nitrogen functional groups attached to an aromatic ring is 1. The lowest BCUT2D eigenvalue weighted by molar-refractivity contribution is 0.147. The summed E-state index contributed by atoms with van der Waals surface area (Å²) < 4.78 is 0. The molecule has 6 heteroatoms. The molecule has 0 bridgehead atoms. The number of aliphatic hydroxyl groups excluding tert-OH is 2. The number of hydrogen-bond donors (Lipinski definition) is 4. The van der Waals surface area contributed by atoms with Crippen molar-refractivity contribution in [2.24, 2.45) is 0 Å². The minimum atomic E-state index is -0.831. The summed E-state index contributed by atoms with van der Waals surface area (Å²) >= 11 is 0. The van der Waals surface area contributed by atoms with Crippen molar-refractivity contribution < 1.29 is 10.2 Å². The second kappa shape index (κ2) is 4.21. The highest BCUT2D eigenvalue weighted by Crippen LogP contribution is 2.17. The summed E-state index contributed by atoms with van der Waals surface area (Å²) in [5, 5.41) is 20.9. The number of rotatable bonds is 4. The van der Waals surface area contributed by atoms with Crippen LogP contribution in [-0.2, 0) is 0 Å². The van der Waals surface area contributed by atoms with Gasteiger partial charge in [-0.05, 0) is 6.92 Å². The van der Waals surface area contributed by atoms with E-state index in [1.165, 1.54) is 12.5 Å². The molecule has 0 aliphatic heterocycles. The predicted octanol–water partition coefficient (Wildman–Crippen LogP) is -0.786. The number of aromatic nitrogens is 2. The van der Waals surface area contributed by atoms with Crippen LogP contribution in [0.5, 0.6) is 0 Å². The third-order valence-electron chi connectivity index (χ3n) is 1.86. The number of anilines is 2. The third kappa shape index (κ3) is 2.30. The van der Waals surface area contributed by atoms with Crippen molar-refractivity contribution in [1.82, 2.24) is 9.97 Å². The lowest BCUT2D eigenvalue weighted by Crippen LogP contribution is -2.43. The predicted molar refractivity (Wildman–Crippen MR) is 52.6 cm³/mol. The van der Waals surface area contributed by atoms with Crippen LogP contribution >= 0.6 is 0 Å². The van der Waals surface area contributed by atoms with Crippen molar-refractivity contribution in [2.75, 3.05) is 24.3 Å². The zero-order chi connectivity index (χ0) is 10.6. The zero-order valence-electron chi connectivity index (χ0n) is 7.94. The van der Waals surface area contributed by atoms with Gasteiger partial charge in [-0.2, -0.15) is 0 Å². The van der Waals surface area contributed by atoms with Crippen molar-refractivity contribution in [2.45, 2.75) is 12.5 Å². The van der Waals surface area contributed by atoms with Crippen molar-refractivity contribution in [1.29, 1.82) is 0 Å². The van der Waals surface area contributed by atoms with Gasteiger partial charge in [-0.3, -0.25) is 0 Å². The van der Waals surface area contributed by atoms with E-state index in [4.69, 9.17) is 15.9 Å². The Labute approximate surface area is 81.8 Å². The highest BCUT2D eigenvalue weighted by molar-refractivity contribution is 5.60. The SMILES string of the molecule is CC(CO)(CO)Nc1ncncc1N. The fourth-order valence-electron chi connectivity index (χ4n) is 0.860. The molecule has 0 atom stereocenters. The van der Waals surface area contributed by atoms with E-state index in [1.54, 1.807) is 6.92 Å². The molecule has 1 rings (SSSR count). The van der Waals surface area contributed by atoms with E-state index in [9.17, 15) is 0 Å². The molecule has 0 saturated heterocycles. The highest BCUT2D eigenvalue weighted by Gasteiger charge is 2.23. The second-order valence-electron chi connectivity index (χ2n) is 3.33. The van der Waals surface area contributed by atoms with Gasteiger partial charge < -0.3 is 21.3 Å². The maximum atomic E-state index is 9.03. The Morgan fingerprint density at radius 3 is 2.64 bits per heavy atom. The van der Waals surface area contributed by atoms with Gasteiger partial charge in [0.05, 0.1) is 30.6 Å². The summed E-state index contributed by atoms with van der Waals surface area (Å²) in [6, 6.07) is 0. The van der Waals surface area contributed by atoms with E-state index in [-0.39, 0.29) is 13.2 Å². The summed E-state index contributed by atoms with van der Waals surface area (Å²) in [4.78, 5) is 7.62. The van der Waals surface area contributed by atoms with Crippen LogP contribution < -0.4 is 11.1 Å². The highest BCUT2D eigenvalue weighted by atomic mass is 16.3. The van der Waals surface area contributed by atoms with Crippen LogP contribution in [-0.4, -0.2) is 38.9 Å². The van der Waals surface area contributed by atoms with Gasteiger partial charge in [0.15, 0.2) is 5.82 Å². The molecule has 0 aromatic carbocycles. The Morgan fingerprint density at radius 1 is 1.50 bits per heavy atom. The maximum Gasteiger partial charge on any atom is 0.153 e. The monoisotopic (exact) mass is 198 g/mol. The van der Waals surface area contributed by atoms with Gasteiger partial charge in [-0.25, -0.2) is 9.97 Å². The fourth-order valence-corrected chi connectivity index (χ4v) is 0.860. The normalized spacial score (nSPS) is 11.4. The largest absolute Gasteiger partial charge is 0.394 e. The quantitative estimate of drug-likeness (QED) is 0.505. The molecule has 0 amide bonds. The molecule has 1 aromatic heterocycles. The number of nitrogens with one attached hydrogen (secondary N) is 1. The topological polar surface area (TPSA) is 104 Å². The first-order chi connectivity index (χ1) is 6.61. The fraction of sp³-hybridized carbons (Fsp3) is 0.500. The Hall–Kier alpha value is -1.40. The molecule has 6 nitrogen and oxygen atoms in total.